The maximum Gasteiger partial charge on any atom is 0.225 e. The van der Waals surface area contributed by atoms with E-state index in [1.807, 2.05) is 19.2 Å². The van der Waals surface area contributed by atoms with Crippen LogP contribution in [0.15, 0.2) is 16.8 Å². The van der Waals surface area contributed by atoms with Crippen LogP contribution in [0.4, 0.5) is 0 Å². The zero-order valence-corrected chi connectivity index (χ0v) is 17.4. The Balaban J connectivity index is 1.59. The molecule has 0 N–H and O–H groups in total. The molecule has 6 heteroatoms. The Morgan fingerprint density at radius 3 is 2.43 bits per heavy atom. The van der Waals surface area contributed by atoms with Gasteiger partial charge in [0.05, 0.1) is 17.0 Å². The molecule has 2 aromatic heterocycles. The van der Waals surface area contributed by atoms with Gasteiger partial charge in [-0.2, -0.15) is 0 Å². The molecule has 0 aromatic carbocycles. The Bertz CT molecular complexity index is 856. The second-order valence-corrected chi connectivity index (χ2v) is 9.30. The van der Waals surface area contributed by atoms with E-state index in [1.165, 1.54) is 6.42 Å². The Kier molecular flexibility index (Phi) is 4.98. The smallest absolute Gasteiger partial charge is 0.225 e. The molecule has 1 aliphatic carbocycles. The summed E-state index contributed by atoms with van der Waals surface area (Å²) in [4.78, 5) is 24.2. The average molecular weight is 383 g/mol. The summed E-state index contributed by atoms with van der Waals surface area (Å²) in [5.74, 6) is 2.50. The lowest BCUT2D eigenvalue weighted by molar-refractivity contribution is -0.139. The van der Waals surface area contributed by atoms with Crippen molar-refractivity contribution in [2.24, 2.45) is 5.92 Å². The molecule has 1 saturated carbocycles. The molecule has 1 aliphatic heterocycles. The van der Waals surface area contributed by atoms with Gasteiger partial charge in [-0.25, -0.2) is 9.97 Å². The van der Waals surface area contributed by atoms with Gasteiger partial charge in [0.1, 0.15) is 5.82 Å². The van der Waals surface area contributed by atoms with E-state index in [2.05, 4.69) is 35.8 Å². The van der Waals surface area contributed by atoms with Gasteiger partial charge in [-0.05, 0) is 32.6 Å². The number of carbonyl (C=O) groups excluding carboxylic acids is 1. The fourth-order valence-corrected chi connectivity index (χ4v) is 4.03. The number of likely N-dealkylation sites (tertiary alicyclic amines) is 1. The van der Waals surface area contributed by atoms with Crippen LogP contribution in [0.5, 0.6) is 0 Å². The van der Waals surface area contributed by atoms with Gasteiger partial charge in [0.25, 0.3) is 0 Å². The molecule has 0 atom stereocenters. The van der Waals surface area contributed by atoms with Gasteiger partial charge < -0.3 is 9.42 Å². The lowest BCUT2D eigenvalue weighted by Gasteiger charge is -2.36. The fourth-order valence-electron chi connectivity index (χ4n) is 4.03. The topological polar surface area (TPSA) is 72.1 Å². The number of rotatable bonds is 3. The third-order valence-electron chi connectivity index (χ3n) is 6.03. The van der Waals surface area contributed by atoms with E-state index in [4.69, 9.17) is 9.51 Å². The quantitative estimate of drug-likeness (QED) is 0.794. The van der Waals surface area contributed by atoms with E-state index in [9.17, 15) is 4.79 Å². The van der Waals surface area contributed by atoms with Crippen LogP contribution in [0, 0.1) is 12.8 Å². The monoisotopic (exact) mass is 382 g/mol. The third-order valence-corrected chi connectivity index (χ3v) is 6.03. The van der Waals surface area contributed by atoms with Crippen molar-refractivity contribution in [1.82, 2.24) is 20.0 Å². The number of hydrogen-bond donors (Lipinski definition) is 0. The Morgan fingerprint density at radius 1 is 1.18 bits per heavy atom. The SMILES string of the molecule is Cc1cc(-c2cnc(C(C)(C)C)nc2C2CCN(C(=O)C3CCC3)CC2)on1. The summed E-state index contributed by atoms with van der Waals surface area (Å²) in [7, 11) is 0. The first-order valence-electron chi connectivity index (χ1n) is 10.4. The molecule has 2 fully saturated rings. The molecule has 1 amide bonds. The zero-order chi connectivity index (χ0) is 19.9. The summed E-state index contributed by atoms with van der Waals surface area (Å²) in [6.07, 6.45) is 7.07. The normalized spacial score (nSPS) is 18.9. The molecule has 2 aliphatic rings. The van der Waals surface area contributed by atoms with E-state index in [0.717, 1.165) is 67.3 Å². The minimum Gasteiger partial charge on any atom is -0.356 e. The first-order chi connectivity index (χ1) is 13.3. The standard InChI is InChI=1S/C22H30N4O2/c1-14-12-18(28-25-14)17-13-23-21(22(2,3)4)24-19(17)15-8-10-26(11-9-15)20(27)16-6-5-7-16/h12-13,15-16H,5-11H2,1-4H3. The van der Waals surface area contributed by atoms with Crippen LogP contribution in [0.2, 0.25) is 0 Å². The number of nitrogens with zero attached hydrogens (tertiary/aromatic N) is 4. The van der Waals surface area contributed by atoms with Gasteiger partial charge in [-0.15, -0.1) is 0 Å². The molecular formula is C22H30N4O2. The molecular weight excluding hydrogens is 352 g/mol. The predicted octanol–water partition coefficient (Wildman–Crippen LogP) is 4.24. The maximum atomic E-state index is 12.6. The van der Waals surface area contributed by atoms with E-state index in [0.29, 0.717) is 11.8 Å². The van der Waals surface area contributed by atoms with Gasteiger partial charge in [0.15, 0.2) is 5.76 Å². The number of aromatic nitrogens is 3. The highest BCUT2D eigenvalue weighted by molar-refractivity contribution is 5.79. The van der Waals surface area contributed by atoms with Crippen LogP contribution >= 0.6 is 0 Å². The molecule has 4 rings (SSSR count). The highest BCUT2D eigenvalue weighted by Crippen LogP contribution is 2.37. The van der Waals surface area contributed by atoms with Crippen LogP contribution in [-0.4, -0.2) is 39.0 Å². The average Bonchev–Trinajstić information content (AvgIpc) is 3.05. The van der Waals surface area contributed by atoms with Crippen LogP contribution in [0.25, 0.3) is 11.3 Å². The molecule has 150 valence electrons. The summed E-state index contributed by atoms with van der Waals surface area (Å²) in [6.45, 7) is 9.92. The fraction of sp³-hybridized carbons (Fsp3) is 0.636. The summed E-state index contributed by atoms with van der Waals surface area (Å²) < 4.78 is 5.53. The van der Waals surface area contributed by atoms with Crippen molar-refractivity contribution in [3.05, 3.63) is 29.5 Å². The molecule has 0 unspecified atom stereocenters. The maximum absolute atomic E-state index is 12.6. The van der Waals surface area contributed by atoms with Gasteiger partial charge in [-0.1, -0.05) is 32.3 Å². The first kappa shape index (κ1) is 19.1. The minimum atomic E-state index is -0.120. The van der Waals surface area contributed by atoms with E-state index in [1.54, 1.807) is 0 Å². The van der Waals surface area contributed by atoms with Gasteiger partial charge in [0, 0.05) is 42.6 Å². The molecule has 2 aromatic rings. The molecule has 3 heterocycles. The summed E-state index contributed by atoms with van der Waals surface area (Å²) >= 11 is 0. The lowest BCUT2D eigenvalue weighted by atomic mass is 9.83. The van der Waals surface area contributed by atoms with Crippen LogP contribution in [0.1, 0.15) is 76.0 Å². The van der Waals surface area contributed by atoms with Crippen molar-refractivity contribution in [2.75, 3.05) is 13.1 Å². The third kappa shape index (κ3) is 3.69. The minimum absolute atomic E-state index is 0.120. The van der Waals surface area contributed by atoms with Crippen LogP contribution in [-0.2, 0) is 10.2 Å². The highest BCUT2D eigenvalue weighted by atomic mass is 16.5. The molecule has 0 spiro atoms. The molecule has 1 saturated heterocycles. The van der Waals surface area contributed by atoms with Crippen molar-refractivity contribution >= 4 is 5.91 Å². The number of hydrogen-bond acceptors (Lipinski definition) is 5. The van der Waals surface area contributed by atoms with Crippen molar-refractivity contribution in [3.8, 4) is 11.3 Å². The van der Waals surface area contributed by atoms with E-state index in [-0.39, 0.29) is 11.3 Å². The largest absolute Gasteiger partial charge is 0.356 e. The lowest BCUT2D eigenvalue weighted by Crippen LogP contribution is -2.43. The first-order valence-corrected chi connectivity index (χ1v) is 10.4. The molecule has 0 radical (unpaired) electrons. The summed E-state index contributed by atoms with van der Waals surface area (Å²) in [5.41, 5.74) is 2.69. The number of aryl methyl sites for hydroxylation is 1. The predicted molar refractivity (Wildman–Crippen MR) is 107 cm³/mol. The van der Waals surface area contributed by atoms with Crippen molar-refractivity contribution in [1.29, 1.82) is 0 Å². The van der Waals surface area contributed by atoms with Gasteiger partial charge in [0.2, 0.25) is 5.91 Å². The van der Waals surface area contributed by atoms with Crippen LogP contribution < -0.4 is 0 Å². The zero-order valence-electron chi connectivity index (χ0n) is 17.4. The summed E-state index contributed by atoms with van der Waals surface area (Å²) in [5, 5.41) is 4.04. The Labute approximate surface area is 166 Å². The summed E-state index contributed by atoms with van der Waals surface area (Å²) in [6, 6.07) is 1.94. The van der Waals surface area contributed by atoms with Crippen molar-refractivity contribution in [2.45, 2.75) is 71.1 Å². The second-order valence-electron chi connectivity index (χ2n) is 9.30. The van der Waals surface area contributed by atoms with Crippen LogP contribution in [0.3, 0.4) is 0 Å². The van der Waals surface area contributed by atoms with Crippen molar-refractivity contribution < 1.29 is 9.32 Å². The Hall–Kier alpha value is -2.24. The number of piperidine rings is 1. The van der Waals surface area contributed by atoms with E-state index >= 15 is 0 Å². The van der Waals surface area contributed by atoms with Gasteiger partial charge in [-0.3, -0.25) is 4.79 Å². The van der Waals surface area contributed by atoms with E-state index < -0.39 is 0 Å². The number of amides is 1. The number of carbonyl (C=O) groups is 1. The Morgan fingerprint density at radius 2 is 1.89 bits per heavy atom. The van der Waals surface area contributed by atoms with Crippen molar-refractivity contribution in [3.63, 3.8) is 0 Å². The second kappa shape index (κ2) is 7.30. The van der Waals surface area contributed by atoms with Gasteiger partial charge >= 0.3 is 0 Å². The molecule has 0 bridgehead atoms. The highest BCUT2D eigenvalue weighted by Gasteiger charge is 2.33. The molecule has 6 nitrogen and oxygen atoms in total. The molecule has 28 heavy (non-hydrogen) atoms.